The monoisotopic (exact) mass is 601 g/mol. The second-order valence-corrected chi connectivity index (χ2v) is 11.6. The lowest BCUT2D eigenvalue weighted by molar-refractivity contribution is -0.141. The first-order chi connectivity index (χ1) is 19.9. The molecule has 0 aliphatic carbocycles. The molecule has 0 saturated carbocycles. The van der Waals surface area contributed by atoms with Crippen molar-refractivity contribution >= 4 is 40.8 Å². The number of benzene rings is 1. The molecule has 0 fully saturated rings. The smallest absolute Gasteiger partial charge is 0.410 e. The number of esters is 1. The van der Waals surface area contributed by atoms with Crippen molar-refractivity contribution < 1.29 is 33.3 Å². The molecular weight excluding hydrogens is 566 g/mol. The maximum atomic E-state index is 13.2. The Bertz CT molecular complexity index is 1230. The predicted molar refractivity (Wildman–Crippen MR) is 156 cm³/mol. The number of nitrogens with zero attached hydrogens (tertiary/aromatic N) is 1. The van der Waals surface area contributed by atoms with Gasteiger partial charge in [-0.2, -0.15) is 0 Å². The Labute approximate surface area is 247 Å². The Morgan fingerprint density at radius 2 is 1.71 bits per heavy atom. The molecule has 3 heterocycles. The molecule has 3 aromatic rings. The normalized spacial score (nSPS) is 13.2. The molecule has 0 bridgehead atoms. The van der Waals surface area contributed by atoms with Crippen LogP contribution >= 0.6 is 22.7 Å². The van der Waals surface area contributed by atoms with E-state index in [1.807, 2.05) is 35.0 Å². The highest BCUT2D eigenvalue weighted by Crippen LogP contribution is 2.35. The fourth-order valence-corrected chi connectivity index (χ4v) is 5.73. The van der Waals surface area contributed by atoms with E-state index in [0.717, 1.165) is 22.6 Å². The van der Waals surface area contributed by atoms with Crippen LogP contribution in [-0.2, 0) is 27.4 Å². The minimum absolute atomic E-state index is 0.0172. The second-order valence-electron chi connectivity index (χ2n) is 9.49. The number of unbranched alkanes of at least 4 members (excludes halogenated alkanes) is 1. The summed E-state index contributed by atoms with van der Waals surface area (Å²) in [6.07, 6.45) is 1.86. The van der Waals surface area contributed by atoms with Gasteiger partial charge in [-0.3, -0.25) is 9.69 Å². The van der Waals surface area contributed by atoms with Crippen LogP contribution in [0.1, 0.15) is 54.0 Å². The van der Waals surface area contributed by atoms with Crippen LogP contribution < -0.4 is 20.1 Å². The number of carbonyl (C=O) groups excluding carboxylic acids is 3. The van der Waals surface area contributed by atoms with Crippen LogP contribution in [0.4, 0.5) is 9.59 Å². The van der Waals surface area contributed by atoms with E-state index in [1.54, 1.807) is 45.8 Å². The number of urea groups is 1. The molecule has 2 atom stereocenters. The maximum Gasteiger partial charge on any atom is 0.410 e. The molecule has 3 amide bonds. The third kappa shape index (κ3) is 9.12. The molecule has 1 aliphatic heterocycles. The topological polar surface area (TPSA) is 115 Å². The van der Waals surface area contributed by atoms with Crippen molar-refractivity contribution in [3.8, 4) is 11.5 Å². The molecule has 41 heavy (non-hydrogen) atoms. The zero-order valence-corrected chi connectivity index (χ0v) is 24.8. The Morgan fingerprint density at radius 1 is 1.00 bits per heavy atom. The van der Waals surface area contributed by atoms with E-state index in [0.29, 0.717) is 36.6 Å². The fraction of sp³-hybridized carbons (Fsp3) is 0.414. The van der Waals surface area contributed by atoms with Gasteiger partial charge in [0.1, 0.15) is 6.61 Å². The number of fused-ring (bicyclic) bond motifs is 1. The van der Waals surface area contributed by atoms with Gasteiger partial charge in [0, 0.05) is 9.75 Å². The summed E-state index contributed by atoms with van der Waals surface area (Å²) in [5.74, 6) is 0.673. The number of thiophene rings is 2. The summed E-state index contributed by atoms with van der Waals surface area (Å²) in [6, 6.07) is 11.6. The number of rotatable bonds is 14. The van der Waals surface area contributed by atoms with E-state index >= 15 is 0 Å². The minimum Gasteiger partial charge on any atom is -0.469 e. The van der Waals surface area contributed by atoms with Gasteiger partial charge in [-0.25, -0.2) is 9.59 Å². The average Bonchev–Trinajstić information content (AvgIpc) is 3.76. The molecule has 0 saturated heterocycles. The largest absolute Gasteiger partial charge is 0.469 e. The molecule has 0 spiro atoms. The molecule has 0 radical (unpaired) electrons. The van der Waals surface area contributed by atoms with Gasteiger partial charge in [0.05, 0.1) is 38.7 Å². The Hall–Kier alpha value is -3.77. The molecule has 1 aliphatic rings. The maximum absolute atomic E-state index is 13.2. The van der Waals surface area contributed by atoms with Crippen LogP contribution in [0, 0.1) is 0 Å². The van der Waals surface area contributed by atoms with Crippen LogP contribution in [0.2, 0.25) is 0 Å². The van der Waals surface area contributed by atoms with Crippen LogP contribution in [0.5, 0.6) is 11.5 Å². The van der Waals surface area contributed by atoms with Crippen molar-refractivity contribution in [2.45, 2.75) is 57.8 Å². The first-order valence-corrected chi connectivity index (χ1v) is 15.2. The first kappa shape index (κ1) is 30.2. The molecule has 12 heteroatoms. The molecule has 2 aromatic heterocycles. The predicted octanol–water partition coefficient (Wildman–Crippen LogP) is 5.84. The van der Waals surface area contributed by atoms with E-state index in [9.17, 15) is 14.4 Å². The number of nitrogens with one attached hydrogen (secondary N) is 2. The van der Waals surface area contributed by atoms with E-state index < -0.39 is 30.2 Å². The third-order valence-electron chi connectivity index (χ3n) is 6.46. The van der Waals surface area contributed by atoms with E-state index in [4.69, 9.17) is 18.9 Å². The van der Waals surface area contributed by atoms with Crippen molar-refractivity contribution in [3.05, 3.63) is 68.5 Å². The van der Waals surface area contributed by atoms with E-state index in [-0.39, 0.29) is 19.8 Å². The van der Waals surface area contributed by atoms with Gasteiger partial charge in [-0.05, 0) is 47.0 Å². The number of methoxy groups -OCH3 is 1. The van der Waals surface area contributed by atoms with Gasteiger partial charge in [-0.1, -0.05) is 38.0 Å². The zero-order valence-electron chi connectivity index (χ0n) is 23.1. The lowest BCUT2D eigenvalue weighted by Crippen LogP contribution is -2.46. The van der Waals surface area contributed by atoms with Gasteiger partial charge in [-0.15, -0.1) is 22.7 Å². The van der Waals surface area contributed by atoms with Crippen molar-refractivity contribution in [2.75, 3.05) is 20.5 Å². The lowest BCUT2D eigenvalue weighted by atomic mass is 10.0. The van der Waals surface area contributed by atoms with Crippen LogP contribution in [0.3, 0.4) is 0 Å². The fourth-order valence-electron chi connectivity index (χ4n) is 4.29. The molecule has 4 rings (SSSR count). The number of hydrogen-bond donors (Lipinski definition) is 2. The number of amides is 3. The van der Waals surface area contributed by atoms with Gasteiger partial charge < -0.3 is 29.6 Å². The highest BCUT2D eigenvalue weighted by molar-refractivity contribution is 7.10. The van der Waals surface area contributed by atoms with Gasteiger partial charge >= 0.3 is 18.1 Å². The standard InChI is InChI=1S/C29H35N3O7S2/c1-3-4-7-21(18-37-29(35)32(16-22-8-5-12-40-22)17-23-9-6-13-41-23)30-28(34)31-24(15-27(33)36-2)20-10-11-25-26(14-20)39-19-38-25/h5-6,8-14,21,24H,3-4,7,15-19H2,1-2H3,(H2,30,31,34)/t21?,24-/m0/s1. The highest BCUT2D eigenvalue weighted by Gasteiger charge is 2.25. The third-order valence-corrected chi connectivity index (χ3v) is 8.19. The van der Waals surface area contributed by atoms with Crippen LogP contribution in [-0.4, -0.2) is 49.5 Å². The van der Waals surface area contributed by atoms with Crippen LogP contribution in [0.15, 0.2) is 53.2 Å². The van der Waals surface area contributed by atoms with Crippen molar-refractivity contribution in [3.63, 3.8) is 0 Å². The number of carbonyl (C=O) groups is 3. The summed E-state index contributed by atoms with van der Waals surface area (Å²) in [4.78, 5) is 42.2. The summed E-state index contributed by atoms with van der Waals surface area (Å²) in [5, 5.41) is 9.76. The van der Waals surface area contributed by atoms with E-state index in [1.165, 1.54) is 7.11 Å². The minimum atomic E-state index is -0.668. The summed E-state index contributed by atoms with van der Waals surface area (Å²) in [6.45, 7) is 3.06. The SMILES string of the molecule is CCCCC(COC(=O)N(Cc1cccs1)Cc1cccs1)NC(=O)N[C@@H](CC(=O)OC)c1ccc2c(c1)OCO2. The molecule has 1 aromatic carbocycles. The zero-order chi connectivity index (χ0) is 29.0. The van der Waals surface area contributed by atoms with E-state index in [2.05, 4.69) is 17.6 Å². The second kappa shape index (κ2) is 15.3. The van der Waals surface area contributed by atoms with Gasteiger partial charge in [0.15, 0.2) is 11.5 Å². The van der Waals surface area contributed by atoms with Crippen molar-refractivity contribution in [1.82, 2.24) is 15.5 Å². The van der Waals surface area contributed by atoms with Crippen molar-refractivity contribution in [2.24, 2.45) is 0 Å². The van der Waals surface area contributed by atoms with Gasteiger partial charge in [0.2, 0.25) is 6.79 Å². The summed E-state index contributed by atoms with van der Waals surface area (Å²) >= 11 is 3.16. The lowest BCUT2D eigenvalue weighted by Gasteiger charge is -2.25. The summed E-state index contributed by atoms with van der Waals surface area (Å²) in [5.41, 5.74) is 0.670. The number of ether oxygens (including phenoxy) is 4. The highest BCUT2D eigenvalue weighted by atomic mass is 32.1. The van der Waals surface area contributed by atoms with Crippen LogP contribution in [0.25, 0.3) is 0 Å². The summed E-state index contributed by atoms with van der Waals surface area (Å²) < 4.78 is 21.4. The Balaban J connectivity index is 1.39. The molecule has 1 unspecified atom stereocenters. The van der Waals surface area contributed by atoms with Crippen molar-refractivity contribution in [1.29, 1.82) is 0 Å². The average molecular weight is 602 g/mol. The quantitative estimate of drug-likeness (QED) is 0.223. The summed E-state index contributed by atoms with van der Waals surface area (Å²) in [7, 11) is 1.30. The Morgan fingerprint density at radius 3 is 2.34 bits per heavy atom. The molecule has 220 valence electrons. The number of hydrogen-bond acceptors (Lipinski definition) is 9. The molecular formula is C29H35N3O7S2. The van der Waals surface area contributed by atoms with Gasteiger partial charge in [0.25, 0.3) is 0 Å². The molecule has 2 N–H and O–H groups in total. The Kier molecular flexibility index (Phi) is 11.3. The first-order valence-electron chi connectivity index (χ1n) is 13.4. The molecule has 10 nitrogen and oxygen atoms in total.